The van der Waals surface area contributed by atoms with Crippen LogP contribution in [0.1, 0.15) is 24.0 Å². The Bertz CT molecular complexity index is 767. The molecule has 2 aromatic rings. The highest BCUT2D eigenvalue weighted by atomic mass is 35.5. The first-order valence-corrected chi connectivity index (χ1v) is 10.4. The molecule has 0 aliphatic carbocycles. The summed E-state index contributed by atoms with van der Waals surface area (Å²) in [4.78, 5) is 14.8. The zero-order valence-electron chi connectivity index (χ0n) is 16.1. The molecule has 0 spiro atoms. The molecule has 0 saturated carbocycles. The van der Waals surface area contributed by atoms with Crippen LogP contribution >= 0.6 is 23.2 Å². The summed E-state index contributed by atoms with van der Waals surface area (Å²) in [5.41, 5.74) is 2.15. The van der Waals surface area contributed by atoms with Crippen molar-refractivity contribution < 1.29 is 9.53 Å². The Labute approximate surface area is 176 Å². The third-order valence-corrected chi connectivity index (χ3v) is 5.98. The van der Waals surface area contributed by atoms with E-state index in [1.165, 1.54) is 5.56 Å². The van der Waals surface area contributed by atoms with E-state index < -0.39 is 0 Å². The zero-order chi connectivity index (χ0) is 19.9. The van der Waals surface area contributed by atoms with Crippen LogP contribution in [0.25, 0.3) is 0 Å². The predicted molar refractivity (Wildman–Crippen MR) is 114 cm³/mol. The summed E-state index contributed by atoms with van der Waals surface area (Å²) in [6.45, 7) is 3.13. The molecule has 2 aromatic carbocycles. The molecular formula is C22H26Cl2N2O2. The molecule has 0 unspecified atom stereocenters. The first kappa shape index (κ1) is 21.0. The summed E-state index contributed by atoms with van der Waals surface area (Å²) >= 11 is 12.5. The van der Waals surface area contributed by atoms with Gasteiger partial charge in [0, 0.05) is 34.6 Å². The molecule has 150 valence electrons. The second-order valence-electron chi connectivity index (χ2n) is 7.14. The minimum absolute atomic E-state index is 0.0776. The largest absolute Gasteiger partial charge is 0.497 e. The topological polar surface area (TPSA) is 41.6 Å². The number of carbonyl (C=O) groups excluding carboxylic acids is 1. The van der Waals surface area contributed by atoms with Crippen molar-refractivity contribution >= 4 is 29.1 Å². The van der Waals surface area contributed by atoms with E-state index in [-0.39, 0.29) is 11.8 Å². The number of carbonyl (C=O) groups is 1. The number of benzene rings is 2. The van der Waals surface area contributed by atoms with E-state index in [0.29, 0.717) is 16.6 Å². The lowest BCUT2D eigenvalue weighted by molar-refractivity contribution is -0.126. The molecule has 0 aromatic heterocycles. The van der Waals surface area contributed by atoms with Crippen molar-refractivity contribution in [1.82, 2.24) is 10.2 Å². The van der Waals surface area contributed by atoms with Gasteiger partial charge in [0.15, 0.2) is 0 Å². The molecule has 1 amide bonds. The number of hydrogen-bond acceptors (Lipinski definition) is 3. The van der Waals surface area contributed by atoms with E-state index >= 15 is 0 Å². The molecule has 6 heteroatoms. The van der Waals surface area contributed by atoms with Crippen LogP contribution in [0.3, 0.4) is 0 Å². The first-order chi connectivity index (χ1) is 13.6. The van der Waals surface area contributed by atoms with Gasteiger partial charge in [0.2, 0.25) is 5.91 Å². The average Bonchev–Trinajstić information content (AvgIpc) is 2.72. The highest BCUT2D eigenvalue weighted by Gasteiger charge is 2.25. The van der Waals surface area contributed by atoms with Crippen LogP contribution in [0.4, 0.5) is 0 Å². The van der Waals surface area contributed by atoms with E-state index in [0.717, 1.165) is 50.2 Å². The van der Waals surface area contributed by atoms with Crippen molar-refractivity contribution in [2.45, 2.75) is 25.8 Å². The Kier molecular flexibility index (Phi) is 7.60. The van der Waals surface area contributed by atoms with Gasteiger partial charge >= 0.3 is 0 Å². The summed E-state index contributed by atoms with van der Waals surface area (Å²) in [6, 6.07) is 13.5. The molecule has 3 rings (SSSR count). The number of nitrogens with one attached hydrogen (secondary N) is 1. The fraction of sp³-hybridized carbons (Fsp3) is 0.409. The standard InChI is InChI=1S/C22H26Cl2N2O2/c1-28-18-7-5-16(6-8-18)9-12-25-22(27)17-10-13-26(14-11-17)15-19-20(23)3-2-4-21(19)24/h2-8,17H,9-15H2,1H3,(H,25,27). The SMILES string of the molecule is COc1ccc(CCNC(=O)C2CCN(Cc3c(Cl)cccc3Cl)CC2)cc1. The second kappa shape index (κ2) is 10.1. The Morgan fingerprint density at radius 2 is 1.75 bits per heavy atom. The maximum absolute atomic E-state index is 12.5. The third-order valence-electron chi connectivity index (χ3n) is 5.27. The van der Waals surface area contributed by atoms with Crippen molar-refractivity contribution in [3.8, 4) is 5.75 Å². The fourth-order valence-electron chi connectivity index (χ4n) is 3.53. The minimum atomic E-state index is 0.0776. The van der Waals surface area contributed by atoms with Gasteiger partial charge in [0.25, 0.3) is 0 Å². The Morgan fingerprint density at radius 1 is 1.11 bits per heavy atom. The van der Waals surface area contributed by atoms with Crippen molar-refractivity contribution in [2.75, 3.05) is 26.7 Å². The van der Waals surface area contributed by atoms with Crippen LogP contribution in [0, 0.1) is 5.92 Å². The molecular weight excluding hydrogens is 395 g/mol. The van der Waals surface area contributed by atoms with Gasteiger partial charge in [-0.3, -0.25) is 9.69 Å². The van der Waals surface area contributed by atoms with Gasteiger partial charge in [0.1, 0.15) is 5.75 Å². The summed E-state index contributed by atoms with van der Waals surface area (Å²) in [5, 5.41) is 4.48. The Morgan fingerprint density at radius 3 is 2.36 bits per heavy atom. The number of likely N-dealkylation sites (tertiary alicyclic amines) is 1. The highest BCUT2D eigenvalue weighted by molar-refractivity contribution is 6.35. The molecule has 1 aliphatic rings. The minimum Gasteiger partial charge on any atom is -0.497 e. The molecule has 1 N–H and O–H groups in total. The number of hydrogen-bond donors (Lipinski definition) is 1. The Hall–Kier alpha value is -1.75. The van der Waals surface area contributed by atoms with Crippen LogP contribution in [0.2, 0.25) is 10.0 Å². The number of rotatable bonds is 7. The summed E-state index contributed by atoms with van der Waals surface area (Å²) in [5.74, 6) is 1.08. The molecule has 1 heterocycles. The smallest absolute Gasteiger partial charge is 0.223 e. The van der Waals surface area contributed by atoms with Crippen LogP contribution in [-0.4, -0.2) is 37.6 Å². The normalized spacial score (nSPS) is 15.4. The summed E-state index contributed by atoms with van der Waals surface area (Å²) < 4.78 is 5.16. The molecule has 1 saturated heterocycles. The maximum Gasteiger partial charge on any atom is 0.223 e. The van der Waals surface area contributed by atoms with Crippen LogP contribution < -0.4 is 10.1 Å². The van der Waals surface area contributed by atoms with Crippen LogP contribution in [-0.2, 0) is 17.8 Å². The van der Waals surface area contributed by atoms with Gasteiger partial charge in [-0.2, -0.15) is 0 Å². The lowest BCUT2D eigenvalue weighted by atomic mass is 9.95. The maximum atomic E-state index is 12.5. The Balaban J connectivity index is 1.41. The van der Waals surface area contributed by atoms with Gasteiger partial charge in [-0.25, -0.2) is 0 Å². The van der Waals surface area contributed by atoms with E-state index in [1.54, 1.807) is 7.11 Å². The van der Waals surface area contributed by atoms with Crippen molar-refractivity contribution in [3.63, 3.8) is 0 Å². The number of ether oxygens (including phenoxy) is 1. The fourth-order valence-corrected chi connectivity index (χ4v) is 4.04. The predicted octanol–water partition coefficient (Wildman–Crippen LogP) is 4.57. The molecule has 0 atom stereocenters. The number of nitrogens with zero attached hydrogens (tertiary/aromatic N) is 1. The van der Waals surface area contributed by atoms with Gasteiger partial charge < -0.3 is 10.1 Å². The quantitative estimate of drug-likeness (QED) is 0.712. The van der Waals surface area contributed by atoms with Gasteiger partial charge in [-0.1, -0.05) is 41.4 Å². The molecule has 4 nitrogen and oxygen atoms in total. The zero-order valence-corrected chi connectivity index (χ0v) is 17.6. The lowest BCUT2D eigenvalue weighted by Crippen LogP contribution is -2.40. The van der Waals surface area contributed by atoms with Gasteiger partial charge in [-0.15, -0.1) is 0 Å². The number of piperidine rings is 1. The van der Waals surface area contributed by atoms with Crippen molar-refractivity contribution in [3.05, 3.63) is 63.6 Å². The number of halogens is 2. The average molecular weight is 421 g/mol. The third kappa shape index (κ3) is 5.63. The van der Waals surface area contributed by atoms with Gasteiger partial charge in [-0.05, 0) is 62.2 Å². The highest BCUT2D eigenvalue weighted by Crippen LogP contribution is 2.27. The van der Waals surface area contributed by atoms with Crippen LogP contribution in [0.5, 0.6) is 5.75 Å². The van der Waals surface area contributed by atoms with Crippen LogP contribution in [0.15, 0.2) is 42.5 Å². The summed E-state index contributed by atoms with van der Waals surface area (Å²) in [6.07, 6.45) is 2.53. The molecule has 28 heavy (non-hydrogen) atoms. The molecule has 1 aliphatic heterocycles. The number of amides is 1. The number of methoxy groups -OCH3 is 1. The van der Waals surface area contributed by atoms with Gasteiger partial charge in [0.05, 0.1) is 7.11 Å². The lowest BCUT2D eigenvalue weighted by Gasteiger charge is -2.31. The van der Waals surface area contributed by atoms with E-state index in [4.69, 9.17) is 27.9 Å². The van der Waals surface area contributed by atoms with E-state index in [9.17, 15) is 4.79 Å². The molecule has 0 radical (unpaired) electrons. The molecule has 1 fully saturated rings. The first-order valence-electron chi connectivity index (χ1n) is 9.62. The molecule has 0 bridgehead atoms. The second-order valence-corrected chi connectivity index (χ2v) is 7.95. The van der Waals surface area contributed by atoms with Crippen molar-refractivity contribution in [2.24, 2.45) is 5.92 Å². The van der Waals surface area contributed by atoms with E-state index in [2.05, 4.69) is 10.2 Å². The summed E-state index contributed by atoms with van der Waals surface area (Å²) in [7, 11) is 1.66. The van der Waals surface area contributed by atoms with E-state index in [1.807, 2.05) is 42.5 Å². The van der Waals surface area contributed by atoms with Crippen molar-refractivity contribution in [1.29, 1.82) is 0 Å². The monoisotopic (exact) mass is 420 g/mol.